The second-order valence-electron chi connectivity index (χ2n) is 5.76. The van der Waals surface area contributed by atoms with Crippen LogP contribution in [-0.2, 0) is 0 Å². The Morgan fingerprint density at radius 2 is 1.84 bits per heavy atom. The van der Waals surface area contributed by atoms with E-state index in [9.17, 15) is 0 Å². The summed E-state index contributed by atoms with van der Waals surface area (Å²) in [5.74, 6) is 1.52. The van der Waals surface area contributed by atoms with E-state index in [1.807, 2.05) is 0 Å². The Hall–Kier alpha value is -1.02. The maximum absolute atomic E-state index is 6.18. The largest absolute Gasteiger partial charge is 0.489 e. The maximum atomic E-state index is 6.18. The molecule has 0 amide bonds. The SMILES string of the molecule is CCCNC(C)C(C)Oc1cc(C)ccc1C(C)C. The van der Waals surface area contributed by atoms with Crippen LogP contribution in [0.25, 0.3) is 0 Å². The van der Waals surface area contributed by atoms with Crippen molar-refractivity contribution in [1.29, 1.82) is 0 Å². The lowest BCUT2D eigenvalue weighted by molar-refractivity contribution is 0.176. The molecular formula is C17H29NO. The van der Waals surface area contributed by atoms with Gasteiger partial charge in [-0.05, 0) is 56.8 Å². The molecule has 1 rings (SSSR count). The second kappa shape index (κ2) is 7.54. The van der Waals surface area contributed by atoms with E-state index in [1.165, 1.54) is 11.1 Å². The molecule has 0 heterocycles. The first kappa shape index (κ1) is 16.0. The fraction of sp³-hybridized carbons (Fsp3) is 0.647. The van der Waals surface area contributed by atoms with Crippen LogP contribution in [0.5, 0.6) is 5.75 Å². The predicted octanol–water partition coefficient (Wildman–Crippen LogP) is 4.27. The van der Waals surface area contributed by atoms with Crippen LogP contribution in [0, 0.1) is 6.92 Å². The highest BCUT2D eigenvalue weighted by molar-refractivity contribution is 5.39. The van der Waals surface area contributed by atoms with Crippen molar-refractivity contribution in [3.63, 3.8) is 0 Å². The van der Waals surface area contributed by atoms with Crippen molar-refractivity contribution in [2.45, 2.75) is 66.0 Å². The summed E-state index contributed by atoms with van der Waals surface area (Å²) < 4.78 is 6.18. The standard InChI is InChI=1S/C17H29NO/c1-7-10-18-14(5)15(6)19-17-11-13(4)8-9-16(17)12(2)3/h8-9,11-12,14-15,18H,7,10H2,1-6H3. The summed E-state index contributed by atoms with van der Waals surface area (Å²) in [6.07, 6.45) is 1.32. The van der Waals surface area contributed by atoms with Crippen molar-refractivity contribution in [3.05, 3.63) is 29.3 Å². The Bertz CT molecular complexity index is 387. The zero-order valence-corrected chi connectivity index (χ0v) is 13.3. The molecule has 2 atom stereocenters. The van der Waals surface area contributed by atoms with Gasteiger partial charge in [-0.2, -0.15) is 0 Å². The van der Waals surface area contributed by atoms with Gasteiger partial charge in [-0.1, -0.05) is 32.9 Å². The van der Waals surface area contributed by atoms with Gasteiger partial charge < -0.3 is 10.1 Å². The van der Waals surface area contributed by atoms with Gasteiger partial charge in [0.25, 0.3) is 0 Å². The van der Waals surface area contributed by atoms with Gasteiger partial charge in [0.15, 0.2) is 0 Å². The van der Waals surface area contributed by atoms with Crippen molar-refractivity contribution in [1.82, 2.24) is 5.32 Å². The molecule has 0 radical (unpaired) electrons. The van der Waals surface area contributed by atoms with Crippen molar-refractivity contribution in [2.75, 3.05) is 6.54 Å². The van der Waals surface area contributed by atoms with Gasteiger partial charge in [-0.15, -0.1) is 0 Å². The van der Waals surface area contributed by atoms with E-state index in [2.05, 4.69) is 65.1 Å². The van der Waals surface area contributed by atoms with Crippen molar-refractivity contribution >= 4 is 0 Å². The van der Waals surface area contributed by atoms with Crippen molar-refractivity contribution in [3.8, 4) is 5.75 Å². The average molecular weight is 263 g/mol. The smallest absolute Gasteiger partial charge is 0.123 e. The molecule has 2 heteroatoms. The van der Waals surface area contributed by atoms with Gasteiger partial charge in [-0.3, -0.25) is 0 Å². The molecule has 0 saturated carbocycles. The number of benzene rings is 1. The van der Waals surface area contributed by atoms with Gasteiger partial charge in [0.1, 0.15) is 11.9 Å². The van der Waals surface area contributed by atoms with Crippen LogP contribution < -0.4 is 10.1 Å². The van der Waals surface area contributed by atoms with Crippen LogP contribution in [0.2, 0.25) is 0 Å². The Morgan fingerprint density at radius 3 is 2.42 bits per heavy atom. The first-order valence-corrected chi connectivity index (χ1v) is 7.46. The summed E-state index contributed by atoms with van der Waals surface area (Å²) in [7, 11) is 0. The van der Waals surface area contributed by atoms with Crippen LogP contribution >= 0.6 is 0 Å². The minimum absolute atomic E-state index is 0.172. The van der Waals surface area contributed by atoms with Crippen LogP contribution in [0.4, 0.5) is 0 Å². The lowest BCUT2D eigenvalue weighted by Crippen LogP contribution is -2.39. The summed E-state index contributed by atoms with van der Waals surface area (Å²) in [4.78, 5) is 0. The molecule has 2 unspecified atom stereocenters. The quantitative estimate of drug-likeness (QED) is 0.793. The Kier molecular flexibility index (Phi) is 6.36. The van der Waals surface area contributed by atoms with Crippen LogP contribution in [0.3, 0.4) is 0 Å². The molecule has 0 aliphatic rings. The van der Waals surface area contributed by atoms with E-state index in [0.29, 0.717) is 12.0 Å². The number of aryl methyl sites for hydroxylation is 1. The van der Waals surface area contributed by atoms with Crippen molar-refractivity contribution < 1.29 is 4.74 Å². The van der Waals surface area contributed by atoms with Gasteiger partial charge >= 0.3 is 0 Å². The minimum Gasteiger partial charge on any atom is -0.489 e. The zero-order chi connectivity index (χ0) is 14.4. The fourth-order valence-electron chi connectivity index (χ4n) is 2.06. The first-order chi connectivity index (χ1) is 8.95. The number of nitrogens with one attached hydrogen (secondary N) is 1. The summed E-state index contributed by atoms with van der Waals surface area (Å²) in [5.41, 5.74) is 2.54. The number of rotatable bonds is 7. The third-order valence-electron chi connectivity index (χ3n) is 3.52. The highest BCUT2D eigenvalue weighted by Crippen LogP contribution is 2.28. The van der Waals surface area contributed by atoms with Crippen molar-refractivity contribution in [2.24, 2.45) is 0 Å². The van der Waals surface area contributed by atoms with E-state index in [1.54, 1.807) is 0 Å². The molecular weight excluding hydrogens is 234 g/mol. The van der Waals surface area contributed by atoms with E-state index in [4.69, 9.17) is 4.74 Å². The first-order valence-electron chi connectivity index (χ1n) is 7.46. The Balaban J connectivity index is 2.77. The molecule has 19 heavy (non-hydrogen) atoms. The molecule has 2 nitrogen and oxygen atoms in total. The Morgan fingerprint density at radius 1 is 1.16 bits per heavy atom. The highest BCUT2D eigenvalue weighted by Gasteiger charge is 2.16. The van der Waals surface area contributed by atoms with Gasteiger partial charge in [-0.25, -0.2) is 0 Å². The molecule has 1 aromatic carbocycles. The number of ether oxygens (including phenoxy) is 1. The van der Waals surface area contributed by atoms with E-state index >= 15 is 0 Å². The van der Waals surface area contributed by atoms with Crippen LogP contribution in [0.15, 0.2) is 18.2 Å². The second-order valence-corrected chi connectivity index (χ2v) is 5.76. The molecule has 1 N–H and O–H groups in total. The van der Waals surface area contributed by atoms with E-state index in [-0.39, 0.29) is 6.10 Å². The predicted molar refractivity (Wildman–Crippen MR) is 83.1 cm³/mol. The fourth-order valence-corrected chi connectivity index (χ4v) is 2.06. The highest BCUT2D eigenvalue weighted by atomic mass is 16.5. The van der Waals surface area contributed by atoms with Crippen LogP contribution in [0.1, 0.15) is 58.1 Å². The molecule has 0 aliphatic carbocycles. The topological polar surface area (TPSA) is 21.3 Å². The summed E-state index contributed by atoms with van der Waals surface area (Å²) in [5, 5.41) is 3.49. The van der Waals surface area contributed by atoms with E-state index in [0.717, 1.165) is 18.7 Å². The van der Waals surface area contributed by atoms with Gasteiger partial charge in [0, 0.05) is 6.04 Å². The molecule has 0 aliphatic heterocycles. The van der Waals surface area contributed by atoms with Crippen LogP contribution in [-0.4, -0.2) is 18.7 Å². The number of hydrogen-bond acceptors (Lipinski definition) is 2. The number of hydrogen-bond donors (Lipinski definition) is 1. The molecule has 0 fully saturated rings. The molecule has 1 aromatic rings. The molecule has 0 aromatic heterocycles. The third kappa shape index (κ3) is 4.87. The summed E-state index contributed by atoms with van der Waals surface area (Å²) >= 11 is 0. The molecule has 0 spiro atoms. The van der Waals surface area contributed by atoms with Gasteiger partial charge in [0.2, 0.25) is 0 Å². The lowest BCUT2D eigenvalue weighted by atomic mass is 10.0. The van der Waals surface area contributed by atoms with E-state index < -0.39 is 0 Å². The normalized spacial score (nSPS) is 14.5. The third-order valence-corrected chi connectivity index (χ3v) is 3.52. The summed E-state index contributed by atoms with van der Waals surface area (Å²) in [6.45, 7) is 14.1. The molecule has 0 bridgehead atoms. The minimum atomic E-state index is 0.172. The molecule has 108 valence electrons. The van der Waals surface area contributed by atoms with Gasteiger partial charge in [0.05, 0.1) is 0 Å². The monoisotopic (exact) mass is 263 g/mol. The zero-order valence-electron chi connectivity index (χ0n) is 13.3. The molecule has 0 saturated heterocycles. The Labute approximate surface area is 118 Å². The average Bonchev–Trinajstić information content (AvgIpc) is 2.35. The maximum Gasteiger partial charge on any atom is 0.123 e. The summed E-state index contributed by atoms with van der Waals surface area (Å²) in [6, 6.07) is 6.86. The lowest BCUT2D eigenvalue weighted by Gasteiger charge is -2.25.